The van der Waals surface area contributed by atoms with E-state index in [2.05, 4.69) is 22.8 Å². The number of fused-ring (bicyclic) bond motifs is 1. The molecule has 0 saturated carbocycles. The van der Waals surface area contributed by atoms with E-state index in [1.807, 2.05) is 0 Å². The first kappa shape index (κ1) is 25.8. The molecule has 0 fully saturated rings. The molecule has 0 spiro atoms. The first-order chi connectivity index (χ1) is 17.4. The van der Waals surface area contributed by atoms with Crippen molar-refractivity contribution < 1.29 is 19.4 Å². The van der Waals surface area contributed by atoms with Gasteiger partial charge in [-0.15, -0.1) is 0 Å². The van der Waals surface area contributed by atoms with Gasteiger partial charge in [-0.05, 0) is 67.1 Å². The normalized spacial score (nSPS) is 13.3. The summed E-state index contributed by atoms with van der Waals surface area (Å²) in [5.74, 6) is -0.0985. The van der Waals surface area contributed by atoms with Gasteiger partial charge in [0.2, 0.25) is 0 Å². The van der Waals surface area contributed by atoms with Gasteiger partial charge in [-0.1, -0.05) is 47.5 Å². The summed E-state index contributed by atoms with van der Waals surface area (Å²) in [4.78, 5) is 29.1. The molecule has 0 radical (unpaired) electrons. The summed E-state index contributed by atoms with van der Waals surface area (Å²) in [7, 11) is 0. The number of carbonyl (C=O) groups is 2. The average molecular weight is 528 g/mol. The van der Waals surface area contributed by atoms with Crippen LogP contribution in [-0.2, 0) is 24.1 Å². The summed E-state index contributed by atoms with van der Waals surface area (Å²) in [6.45, 7) is 1.51. The van der Waals surface area contributed by atoms with Crippen LogP contribution in [0.3, 0.4) is 0 Å². The number of hydrogen-bond donors (Lipinski definition) is 3. The van der Waals surface area contributed by atoms with Crippen LogP contribution in [0.1, 0.15) is 40.0 Å². The number of carboxylic acid groups (broad SMARTS) is 1. The fraction of sp³-hybridized carbons (Fsp3) is 0.296. The Labute approximate surface area is 219 Å². The Kier molecular flexibility index (Phi) is 8.67. The van der Waals surface area contributed by atoms with Crippen molar-refractivity contribution in [2.24, 2.45) is 0 Å². The molecule has 2 aromatic carbocycles. The molecular formula is C27H27Cl2N3O4. The number of nitrogens with zero attached hydrogens (tertiary/aromatic N) is 1. The molecule has 1 atom stereocenters. The highest BCUT2D eigenvalue weighted by atomic mass is 35.5. The van der Waals surface area contributed by atoms with Crippen molar-refractivity contribution in [3.63, 3.8) is 0 Å². The Morgan fingerprint density at radius 2 is 1.83 bits per heavy atom. The predicted molar refractivity (Wildman–Crippen MR) is 140 cm³/mol. The third-order valence-corrected chi connectivity index (χ3v) is 6.58. The molecule has 0 bridgehead atoms. The van der Waals surface area contributed by atoms with Crippen molar-refractivity contribution in [3.05, 3.63) is 87.0 Å². The first-order valence-electron chi connectivity index (χ1n) is 11.8. The lowest BCUT2D eigenvalue weighted by Gasteiger charge is -2.17. The molecular weight excluding hydrogens is 501 g/mol. The van der Waals surface area contributed by atoms with E-state index in [9.17, 15) is 14.7 Å². The number of carbonyl (C=O) groups excluding carboxylic acids is 1. The standard InChI is InChI=1S/C27H27Cl2N3O4/c28-21-6-1-7-22(29)24(21)26(33)32-23(27(34)35)16-17-8-12-20(13-9-17)36-15-3-5-19-11-10-18-4-2-14-30-25(18)31-19/h1,6-13,23H,2-5,14-16H2,(H,30,31)(H,32,33)(H,34,35). The predicted octanol–water partition coefficient (Wildman–Crippen LogP) is 5.18. The molecule has 1 amide bonds. The zero-order valence-corrected chi connectivity index (χ0v) is 21.1. The quantitative estimate of drug-likeness (QED) is 0.314. The van der Waals surface area contributed by atoms with Crippen molar-refractivity contribution in [3.8, 4) is 5.75 Å². The van der Waals surface area contributed by atoms with Crippen LogP contribution in [0.5, 0.6) is 5.75 Å². The second-order valence-corrected chi connectivity index (χ2v) is 9.42. The Bertz CT molecular complexity index is 1210. The van der Waals surface area contributed by atoms with E-state index in [-0.39, 0.29) is 22.0 Å². The number of rotatable bonds is 10. The lowest BCUT2D eigenvalue weighted by molar-refractivity contribution is -0.139. The van der Waals surface area contributed by atoms with Crippen LogP contribution in [0, 0.1) is 0 Å². The van der Waals surface area contributed by atoms with E-state index >= 15 is 0 Å². The Balaban J connectivity index is 1.27. The van der Waals surface area contributed by atoms with Crippen LogP contribution in [0.4, 0.5) is 5.82 Å². The minimum absolute atomic E-state index is 0.0534. The van der Waals surface area contributed by atoms with Crippen molar-refractivity contribution in [1.82, 2.24) is 10.3 Å². The molecule has 188 valence electrons. The number of aliphatic carboxylic acids is 1. The number of amides is 1. The highest BCUT2D eigenvalue weighted by Gasteiger charge is 2.23. The number of nitrogens with one attached hydrogen (secondary N) is 2. The van der Waals surface area contributed by atoms with Crippen molar-refractivity contribution in [2.75, 3.05) is 18.5 Å². The van der Waals surface area contributed by atoms with Crippen LogP contribution in [0.2, 0.25) is 10.0 Å². The largest absolute Gasteiger partial charge is 0.494 e. The molecule has 9 heteroatoms. The molecule has 0 aliphatic carbocycles. The van der Waals surface area contributed by atoms with Crippen molar-refractivity contribution in [1.29, 1.82) is 0 Å². The highest BCUT2D eigenvalue weighted by Crippen LogP contribution is 2.24. The number of halogens is 2. The van der Waals surface area contributed by atoms with Gasteiger partial charge in [0.05, 0.1) is 22.2 Å². The topological polar surface area (TPSA) is 101 Å². The van der Waals surface area contributed by atoms with Gasteiger partial charge < -0.3 is 20.5 Å². The minimum atomic E-state index is -1.15. The lowest BCUT2D eigenvalue weighted by Crippen LogP contribution is -2.42. The second-order valence-electron chi connectivity index (χ2n) is 8.60. The zero-order valence-electron chi connectivity index (χ0n) is 19.6. The van der Waals surface area contributed by atoms with Crippen LogP contribution in [-0.4, -0.2) is 41.2 Å². The summed E-state index contributed by atoms with van der Waals surface area (Å²) < 4.78 is 5.84. The zero-order chi connectivity index (χ0) is 25.5. The van der Waals surface area contributed by atoms with Crippen LogP contribution < -0.4 is 15.4 Å². The van der Waals surface area contributed by atoms with E-state index in [1.165, 1.54) is 17.7 Å². The van der Waals surface area contributed by atoms with Gasteiger partial charge in [0.15, 0.2) is 0 Å². The Hall–Kier alpha value is -3.29. The Morgan fingerprint density at radius 3 is 2.56 bits per heavy atom. The van der Waals surface area contributed by atoms with E-state index in [1.54, 1.807) is 30.3 Å². The second kappa shape index (κ2) is 12.1. The summed E-state index contributed by atoms with van der Waals surface area (Å²) >= 11 is 12.1. The maximum atomic E-state index is 12.6. The molecule has 3 N–H and O–H groups in total. The SMILES string of the molecule is O=C(NC(Cc1ccc(OCCCc2ccc3c(n2)NCCC3)cc1)C(=O)O)c1c(Cl)cccc1Cl. The number of anilines is 1. The summed E-state index contributed by atoms with van der Waals surface area (Å²) in [5.41, 5.74) is 3.12. The average Bonchev–Trinajstić information content (AvgIpc) is 2.87. The molecule has 1 unspecified atom stereocenters. The molecule has 1 aliphatic heterocycles. The van der Waals surface area contributed by atoms with Crippen molar-refractivity contribution in [2.45, 2.75) is 38.1 Å². The highest BCUT2D eigenvalue weighted by molar-refractivity contribution is 6.39. The van der Waals surface area contributed by atoms with Gasteiger partial charge in [-0.2, -0.15) is 0 Å². The molecule has 2 heterocycles. The lowest BCUT2D eigenvalue weighted by atomic mass is 10.1. The summed E-state index contributed by atoms with van der Waals surface area (Å²) in [6.07, 6.45) is 3.96. The van der Waals surface area contributed by atoms with Crippen molar-refractivity contribution >= 4 is 40.9 Å². The monoisotopic (exact) mass is 527 g/mol. The molecule has 3 aromatic rings. The minimum Gasteiger partial charge on any atom is -0.494 e. The van der Waals surface area contributed by atoms with Gasteiger partial charge in [-0.25, -0.2) is 9.78 Å². The Morgan fingerprint density at radius 1 is 1.08 bits per heavy atom. The molecule has 1 aliphatic rings. The number of ether oxygens (including phenoxy) is 1. The third kappa shape index (κ3) is 6.68. The van der Waals surface area contributed by atoms with E-state index < -0.39 is 17.9 Å². The van der Waals surface area contributed by atoms with Gasteiger partial charge in [0.1, 0.15) is 17.6 Å². The van der Waals surface area contributed by atoms with E-state index in [0.29, 0.717) is 12.4 Å². The van der Waals surface area contributed by atoms with Gasteiger partial charge in [0.25, 0.3) is 5.91 Å². The number of aromatic nitrogens is 1. The summed E-state index contributed by atoms with van der Waals surface area (Å²) in [6, 6.07) is 14.9. The molecule has 1 aromatic heterocycles. The van der Waals surface area contributed by atoms with Gasteiger partial charge in [0, 0.05) is 18.7 Å². The van der Waals surface area contributed by atoms with Gasteiger partial charge in [-0.3, -0.25) is 4.79 Å². The van der Waals surface area contributed by atoms with E-state index in [0.717, 1.165) is 49.3 Å². The van der Waals surface area contributed by atoms with Crippen LogP contribution in [0.15, 0.2) is 54.6 Å². The van der Waals surface area contributed by atoms with Crippen LogP contribution in [0.25, 0.3) is 0 Å². The first-order valence-corrected chi connectivity index (χ1v) is 12.6. The smallest absolute Gasteiger partial charge is 0.326 e. The number of hydrogen-bond acceptors (Lipinski definition) is 5. The number of benzene rings is 2. The van der Waals surface area contributed by atoms with Crippen LogP contribution >= 0.6 is 23.2 Å². The number of aryl methyl sites for hydroxylation is 2. The third-order valence-electron chi connectivity index (χ3n) is 5.95. The summed E-state index contributed by atoms with van der Waals surface area (Å²) in [5, 5.41) is 15.8. The maximum Gasteiger partial charge on any atom is 0.326 e. The number of pyridine rings is 1. The van der Waals surface area contributed by atoms with Gasteiger partial charge >= 0.3 is 5.97 Å². The molecule has 0 saturated heterocycles. The molecule has 36 heavy (non-hydrogen) atoms. The fourth-order valence-electron chi connectivity index (χ4n) is 4.05. The fourth-order valence-corrected chi connectivity index (χ4v) is 4.62. The number of carboxylic acids is 1. The molecule has 4 rings (SSSR count). The molecule has 7 nitrogen and oxygen atoms in total. The van der Waals surface area contributed by atoms with E-state index in [4.69, 9.17) is 32.9 Å². The maximum absolute atomic E-state index is 12.6.